The largest absolute Gasteiger partial charge is 0.297 e. The Balaban J connectivity index is 1.79. The second kappa shape index (κ2) is 7.58. The minimum Gasteiger partial charge on any atom is -0.297 e. The van der Waals surface area contributed by atoms with Gasteiger partial charge in [-0.3, -0.25) is 9.59 Å². The first-order chi connectivity index (χ1) is 12.5. The predicted molar refractivity (Wildman–Crippen MR) is 98.5 cm³/mol. The van der Waals surface area contributed by atoms with E-state index in [4.69, 9.17) is 5.26 Å². The van der Waals surface area contributed by atoms with Gasteiger partial charge in [-0.2, -0.15) is 10.4 Å². The molecule has 3 aromatic rings. The molecule has 1 aromatic heterocycles. The average Bonchev–Trinajstić information content (AvgIpc) is 2.64. The van der Waals surface area contributed by atoms with Crippen molar-refractivity contribution in [3.63, 3.8) is 0 Å². The molecule has 0 saturated carbocycles. The molecular weight excluding hydrogens is 326 g/mol. The molecular formula is C21H17N3O2. The van der Waals surface area contributed by atoms with Gasteiger partial charge in [-0.25, -0.2) is 4.68 Å². The second-order valence-corrected chi connectivity index (χ2v) is 6.11. The van der Waals surface area contributed by atoms with Crippen molar-refractivity contribution in [3.05, 3.63) is 87.7 Å². The smallest absolute Gasteiger partial charge is 0.267 e. The molecule has 0 aliphatic rings. The number of carbonyl (C=O) groups is 1. The number of benzene rings is 2. The van der Waals surface area contributed by atoms with Gasteiger partial charge in [0.25, 0.3) is 5.56 Å². The third-order valence-corrected chi connectivity index (χ3v) is 4.00. The van der Waals surface area contributed by atoms with E-state index in [-0.39, 0.29) is 24.3 Å². The van der Waals surface area contributed by atoms with Gasteiger partial charge in [-0.1, -0.05) is 42.0 Å². The zero-order chi connectivity index (χ0) is 18.5. The molecule has 0 aliphatic heterocycles. The molecule has 0 aliphatic carbocycles. The second-order valence-electron chi connectivity index (χ2n) is 6.11. The SMILES string of the molecule is Cc1ccc(-c2ccc(=O)n(CC(=O)Cc3cccc(C#N)c3)n2)cc1. The first-order valence-electron chi connectivity index (χ1n) is 8.21. The fraction of sp³-hybridized carbons (Fsp3) is 0.143. The Morgan fingerprint density at radius 3 is 2.62 bits per heavy atom. The van der Waals surface area contributed by atoms with Crippen molar-refractivity contribution in [3.8, 4) is 17.3 Å². The molecule has 1 heterocycles. The summed E-state index contributed by atoms with van der Waals surface area (Å²) in [7, 11) is 0. The molecule has 0 fully saturated rings. The summed E-state index contributed by atoms with van der Waals surface area (Å²) in [6, 6.07) is 19.8. The van der Waals surface area contributed by atoms with Crippen molar-refractivity contribution >= 4 is 5.78 Å². The Hall–Kier alpha value is -3.52. The average molecular weight is 343 g/mol. The van der Waals surface area contributed by atoms with Crippen LogP contribution in [0.15, 0.2) is 65.5 Å². The maximum Gasteiger partial charge on any atom is 0.267 e. The highest BCUT2D eigenvalue weighted by molar-refractivity contribution is 5.80. The number of aryl methyl sites for hydroxylation is 1. The van der Waals surface area contributed by atoms with E-state index < -0.39 is 0 Å². The maximum absolute atomic E-state index is 12.3. The van der Waals surface area contributed by atoms with Crippen LogP contribution in [0, 0.1) is 18.3 Å². The number of rotatable bonds is 5. The summed E-state index contributed by atoms with van der Waals surface area (Å²) in [5, 5.41) is 13.3. The van der Waals surface area contributed by atoms with E-state index in [1.54, 1.807) is 30.3 Å². The summed E-state index contributed by atoms with van der Waals surface area (Å²) >= 11 is 0. The predicted octanol–water partition coefficient (Wildman–Crippen LogP) is 2.90. The fourth-order valence-corrected chi connectivity index (χ4v) is 2.64. The number of nitrogens with zero attached hydrogens (tertiary/aromatic N) is 3. The number of ketones is 1. The third-order valence-electron chi connectivity index (χ3n) is 4.00. The lowest BCUT2D eigenvalue weighted by molar-refractivity contribution is -0.119. The van der Waals surface area contributed by atoms with E-state index in [0.717, 1.165) is 16.7 Å². The van der Waals surface area contributed by atoms with E-state index in [2.05, 4.69) is 11.2 Å². The van der Waals surface area contributed by atoms with Crippen LogP contribution in [0.4, 0.5) is 0 Å². The van der Waals surface area contributed by atoms with Crippen LogP contribution in [0.25, 0.3) is 11.3 Å². The zero-order valence-electron chi connectivity index (χ0n) is 14.3. The monoisotopic (exact) mass is 343 g/mol. The van der Waals surface area contributed by atoms with Gasteiger partial charge in [0.15, 0.2) is 5.78 Å². The summed E-state index contributed by atoms with van der Waals surface area (Å²) in [5.74, 6) is -0.143. The van der Waals surface area contributed by atoms with Crippen molar-refractivity contribution in [2.75, 3.05) is 0 Å². The molecule has 0 saturated heterocycles. The maximum atomic E-state index is 12.3. The normalized spacial score (nSPS) is 10.3. The molecule has 0 spiro atoms. The highest BCUT2D eigenvalue weighted by Gasteiger charge is 2.09. The molecule has 5 nitrogen and oxygen atoms in total. The quantitative estimate of drug-likeness (QED) is 0.714. The Morgan fingerprint density at radius 1 is 1.12 bits per heavy atom. The number of Topliss-reactive ketones (excluding diaryl/α,β-unsaturated/α-hetero) is 1. The Labute approximate surface area is 151 Å². The topological polar surface area (TPSA) is 75.8 Å². The van der Waals surface area contributed by atoms with Crippen LogP contribution >= 0.6 is 0 Å². The van der Waals surface area contributed by atoms with Crippen LogP contribution in [-0.4, -0.2) is 15.6 Å². The Kier molecular flexibility index (Phi) is 5.04. The van der Waals surface area contributed by atoms with Crippen molar-refractivity contribution in [1.29, 1.82) is 5.26 Å². The van der Waals surface area contributed by atoms with Crippen molar-refractivity contribution in [2.45, 2.75) is 19.9 Å². The van der Waals surface area contributed by atoms with Gasteiger partial charge in [-0.15, -0.1) is 0 Å². The van der Waals surface area contributed by atoms with Gasteiger partial charge < -0.3 is 0 Å². The summed E-state index contributed by atoms with van der Waals surface area (Å²) in [4.78, 5) is 24.4. The highest BCUT2D eigenvalue weighted by Crippen LogP contribution is 2.15. The minimum atomic E-state index is -0.319. The third kappa shape index (κ3) is 4.11. The summed E-state index contributed by atoms with van der Waals surface area (Å²) in [6.07, 6.45) is 0.151. The van der Waals surface area contributed by atoms with Gasteiger partial charge in [0.05, 0.1) is 17.3 Å². The van der Waals surface area contributed by atoms with Crippen LogP contribution in [0.3, 0.4) is 0 Å². The molecule has 5 heteroatoms. The molecule has 0 radical (unpaired) electrons. The molecule has 0 N–H and O–H groups in total. The van der Waals surface area contributed by atoms with Crippen LogP contribution < -0.4 is 5.56 Å². The minimum absolute atomic E-state index is 0.102. The van der Waals surface area contributed by atoms with Crippen LogP contribution in [0.5, 0.6) is 0 Å². The van der Waals surface area contributed by atoms with E-state index in [1.807, 2.05) is 31.2 Å². The standard InChI is InChI=1S/C21H17N3O2/c1-15-5-7-18(8-6-15)20-9-10-21(26)24(23-20)14-19(25)12-16-3-2-4-17(11-16)13-22/h2-11H,12,14H2,1H3. The summed E-state index contributed by atoms with van der Waals surface area (Å²) < 4.78 is 1.19. The van der Waals surface area contributed by atoms with Gasteiger partial charge >= 0.3 is 0 Å². The number of hydrogen-bond donors (Lipinski definition) is 0. The Bertz CT molecular complexity index is 1040. The van der Waals surface area contributed by atoms with E-state index in [0.29, 0.717) is 11.3 Å². The first kappa shape index (κ1) is 17.3. The van der Waals surface area contributed by atoms with Gasteiger partial charge in [0.1, 0.15) is 6.54 Å². The van der Waals surface area contributed by atoms with Gasteiger partial charge in [0, 0.05) is 18.1 Å². The molecule has 0 unspecified atom stereocenters. The van der Waals surface area contributed by atoms with Crippen LogP contribution in [-0.2, 0) is 17.8 Å². The number of carbonyl (C=O) groups excluding carboxylic acids is 1. The zero-order valence-corrected chi connectivity index (χ0v) is 14.3. The molecule has 0 atom stereocenters. The van der Waals surface area contributed by atoms with E-state index in [1.165, 1.54) is 10.7 Å². The number of hydrogen-bond acceptors (Lipinski definition) is 4. The van der Waals surface area contributed by atoms with Crippen molar-refractivity contribution in [2.24, 2.45) is 0 Å². The van der Waals surface area contributed by atoms with E-state index >= 15 is 0 Å². The lowest BCUT2D eigenvalue weighted by atomic mass is 10.1. The molecule has 3 rings (SSSR count). The summed E-state index contributed by atoms with van der Waals surface area (Å²) in [5.41, 5.74) is 3.60. The first-order valence-corrected chi connectivity index (χ1v) is 8.21. The lowest BCUT2D eigenvalue weighted by Gasteiger charge is -2.07. The molecule has 128 valence electrons. The molecule has 0 bridgehead atoms. The highest BCUT2D eigenvalue weighted by atomic mass is 16.1. The Morgan fingerprint density at radius 2 is 1.88 bits per heavy atom. The summed E-state index contributed by atoms with van der Waals surface area (Å²) in [6.45, 7) is 1.90. The fourth-order valence-electron chi connectivity index (χ4n) is 2.64. The van der Waals surface area contributed by atoms with Crippen molar-refractivity contribution < 1.29 is 4.79 Å². The van der Waals surface area contributed by atoms with Crippen molar-refractivity contribution in [1.82, 2.24) is 9.78 Å². The van der Waals surface area contributed by atoms with Crippen LogP contribution in [0.1, 0.15) is 16.7 Å². The lowest BCUT2D eigenvalue weighted by Crippen LogP contribution is -2.27. The van der Waals surface area contributed by atoms with Gasteiger partial charge in [0.2, 0.25) is 0 Å². The number of nitriles is 1. The van der Waals surface area contributed by atoms with E-state index in [9.17, 15) is 9.59 Å². The number of aromatic nitrogens is 2. The molecule has 0 amide bonds. The molecule has 26 heavy (non-hydrogen) atoms. The molecule has 2 aromatic carbocycles. The van der Waals surface area contributed by atoms with Crippen LogP contribution in [0.2, 0.25) is 0 Å². The van der Waals surface area contributed by atoms with Gasteiger partial charge in [-0.05, 0) is 30.7 Å².